The highest BCUT2D eigenvalue weighted by atomic mass is 16.5. The van der Waals surface area contributed by atoms with Gasteiger partial charge in [0.25, 0.3) is 0 Å². The van der Waals surface area contributed by atoms with Gasteiger partial charge in [0.2, 0.25) is 0 Å². The number of carbonyl (C=O) groups is 1. The van der Waals surface area contributed by atoms with Gasteiger partial charge in [-0.05, 0) is 38.1 Å². The number of anilines is 1. The molecule has 2 amide bonds. The van der Waals surface area contributed by atoms with Crippen molar-refractivity contribution < 1.29 is 9.53 Å². The molecule has 0 unspecified atom stereocenters. The summed E-state index contributed by atoms with van der Waals surface area (Å²) in [6.07, 6.45) is 0. The van der Waals surface area contributed by atoms with Gasteiger partial charge in [-0.3, -0.25) is 4.90 Å². The number of ether oxygens (including phenoxy) is 1. The zero-order chi connectivity index (χ0) is 12.0. The van der Waals surface area contributed by atoms with Gasteiger partial charge in [-0.2, -0.15) is 0 Å². The van der Waals surface area contributed by atoms with Crippen LogP contribution in [0.5, 0.6) is 5.75 Å². The molecule has 1 aromatic carbocycles. The van der Waals surface area contributed by atoms with Crippen molar-refractivity contribution in [3.8, 4) is 5.75 Å². The Morgan fingerprint density at radius 2 is 1.94 bits per heavy atom. The van der Waals surface area contributed by atoms with E-state index in [0.29, 0.717) is 13.1 Å². The van der Waals surface area contributed by atoms with E-state index in [0.717, 1.165) is 11.4 Å². The molecule has 1 aromatic rings. The standard InChI is InChI=1S/C12H18N2O2/c1-4-13-12(15)14(5-2)10-6-8-11(16-3)9-7-10/h6-9H,4-5H2,1-3H3,(H,13,15). The van der Waals surface area contributed by atoms with Gasteiger partial charge in [0.15, 0.2) is 0 Å². The summed E-state index contributed by atoms with van der Waals surface area (Å²) >= 11 is 0. The molecule has 0 radical (unpaired) electrons. The number of rotatable bonds is 4. The molecule has 0 saturated carbocycles. The van der Waals surface area contributed by atoms with E-state index < -0.39 is 0 Å². The van der Waals surface area contributed by atoms with Crippen LogP contribution in [0.1, 0.15) is 13.8 Å². The number of nitrogens with one attached hydrogen (secondary N) is 1. The van der Waals surface area contributed by atoms with Gasteiger partial charge < -0.3 is 10.1 Å². The van der Waals surface area contributed by atoms with Crippen LogP contribution in [0.3, 0.4) is 0 Å². The second kappa shape index (κ2) is 6.00. The highest BCUT2D eigenvalue weighted by molar-refractivity contribution is 5.91. The van der Waals surface area contributed by atoms with E-state index >= 15 is 0 Å². The molecule has 1 rings (SSSR count). The maximum Gasteiger partial charge on any atom is 0.321 e. The number of amides is 2. The first-order valence-electron chi connectivity index (χ1n) is 5.42. The van der Waals surface area contributed by atoms with E-state index in [1.54, 1.807) is 12.0 Å². The van der Waals surface area contributed by atoms with Crippen molar-refractivity contribution >= 4 is 11.7 Å². The number of urea groups is 1. The highest BCUT2D eigenvalue weighted by Crippen LogP contribution is 2.18. The fourth-order valence-corrected chi connectivity index (χ4v) is 1.45. The number of benzene rings is 1. The van der Waals surface area contributed by atoms with Crippen LogP contribution in [-0.2, 0) is 0 Å². The van der Waals surface area contributed by atoms with Crippen LogP contribution in [0.15, 0.2) is 24.3 Å². The van der Waals surface area contributed by atoms with Crippen LogP contribution < -0.4 is 15.0 Å². The quantitative estimate of drug-likeness (QED) is 0.849. The van der Waals surface area contributed by atoms with Crippen molar-refractivity contribution in [2.75, 3.05) is 25.1 Å². The molecule has 0 saturated heterocycles. The Bertz CT molecular complexity index is 335. The van der Waals surface area contributed by atoms with Crippen LogP contribution in [0.2, 0.25) is 0 Å². The van der Waals surface area contributed by atoms with Crippen molar-refractivity contribution in [1.29, 1.82) is 0 Å². The topological polar surface area (TPSA) is 41.6 Å². The van der Waals surface area contributed by atoms with E-state index in [1.165, 1.54) is 0 Å². The molecular formula is C12H18N2O2. The Morgan fingerprint density at radius 1 is 1.31 bits per heavy atom. The van der Waals surface area contributed by atoms with Gasteiger partial charge in [-0.25, -0.2) is 4.79 Å². The second-order valence-electron chi connectivity index (χ2n) is 3.28. The first kappa shape index (κ1) is 12.4. The minimum absolute atomic E-state index is 0.0739. The SMILES string of the molecule is CCNC(=O)N(CC)c1ccc(OC)cc1. The zero-order valence-corrected chi connectivity index (χ0v) is 9.99. The predicted octanol–water partition coefficient (Wildman–Crippen LogP) is 2.25. The molecule has 0 heterocycles. The normalized spacial score (nSPS) is 9.69. The molecule has 16 heavy (non-hydrogen) atoms. The summed E-state index contributed by atoms with van der Waals surface area (Å²) in [6.45, 7) is 5.11. The average Bonchev–Trinajstić information content (AvgIpc) is 2.31. The van der Waals surface area contributed by atoms with Gasteiger partial charge in [-0.15, -0.1) is 0 Å². The number of hydrogen-bond acceptors (Lipinski definition) is 2. The van der Waals surface area contributed by atoms with Gasteiger partial charge in [0.05, 0.1) is 7.11 Å². The van der Waals surface area contributed by atoms with Crippen molar-refractivity contribution in [2.45, 2.75) is 13.8 Å². The third kappa shape index (κ3) is 2.89. The molecule has 0 spiro atoms. The highest BCUT2D eigenvalue weighted by Gasteiger charge is 2.12. The van der Waals surface area contributed by atoms with Crippen LogP contribution in [0, 0.1) is 0 Å². The first-order valence-corrected chi connectivity index (χ1v) is 5.42. The number of methoxy groups -OCH3 is 1. The second-order valence-corrected chi connectivity index (χ2v) is 3.28. The third-order valence-corrected chi connectivity index (χ3v) is 2.27. The van der Waals surface area contributed by atoms with Crippen LogP contribution >= 0.6 is 0 Å². The number of carbonyl (C=O) groups excluding carboxylic acids is 1. The average molecular weight is 222 g/mol. The number of hydrogen-bond donors (Lipinski definition) is 1. The lowest BCUT2D eigenvalue weighted by Crippen LogP contribution is -2.39. The molecule has 1 N–H and O–H groups in total. The van der Waals surface area contributed by atoms with Crippen molar-refractivity contribution in [3.63, 3.8) is 0 Å². The lowest BCUT2D eigenvalue weighted by atomic mass is 10.3. The fourth-order valence-electron chi connectivity index (χ4n) is 1.45. The Kier molecular flexibility index (Phi) is 4.64. The summed E-state index contributed by atoms with van der Waals surface area (Å²) < 4.78 is 5.07. The Balaban J connectivity index is 2.82. The molecular weight excluding hydrogens is 204 g/mol. The largest absolute Gasteiger partial charge is 0.497 e. The predicted molar refractivity (Wildman–Crippen MR) is 65.1 cm³/mol. The van der Waals surface area contributed by atoms with E-state index in [2.05, 4.69) is 5.32 Å². The molecule has 4 nitrogen and oxygen atoms in total. The van der Waals surface area contributed by atoms with Crippen molar-refractivity contribution in [3.05, 3.63) is 24.3 Å². The summed E-state index contributed by atoms with van der Waals surface area (Å²) in [5.41, 5.74) is 0.870. The Hall–Kier alpha value is -1.71. The zero-order valence-electron chi connectivity index (χ0n) is 9.99. The van der Waals surface area contributed by atoms with Crippen LogP contribution in [-0.4, -0.2) is 26.2 Å². The van der Waals surface area contributed by atoms with Crippen molar-refractivity contribution in [1.82, 2.24) is 5.32 Å². The van der Waals surface area contributed by atoms with Crippen LogP contribution in [0.25, 0.3) is 0 Å². The molecule has 0 aliphatic rings. The molecule has 4 heteroatoms. The summed E-state index contributed by atoms with van der Waals surface area (Å²) in [6, 6.07) is 7.36. The molecule has 0 fully saturated rings. The minimum Gasteiger partial charge on any atom is -0.497 e. The van der Waals surface area contributed by atoms with E-state index in [1.807, 2.05) is 38.1 Å². The van der Waals surface area contributed by atoms with Gasteiger partial charge >= 0.3 is 6.03 Å². The fraction of sp³-hybridized carbons (Fsp3) is 0.417. The monoisotopic (exact) mass is 222 g/mol. The Labute approximate surface area is 96.2 Å². The van der Waals surface area contributed by atoms with Gasteiger partial charge in [0, 0.05) is 18.8 Å². The summed E-state index contributed by atoms with van der Waals surface area (Å²) in [4.78, 5) is 13.4. The number of nitrogens with zero attached hydrogens (tertiary/aromatic N) is 1. The molecule has 0 atom stereocenters. The summed E-state index contributed by atoms with van der Waals surface area (Å²) in [7, 11) is 1.62. The van der Waals surface area contributed by atoms with E-state index in [-0.39, 0.29) is 6.03 Å². The lowest BCUT2D eigenvalue weighted by molar-refractivity contribution is 0.247. The third-order valence-electron chi connectivity index (χ3n) is 2.27. The minimum atomic E-state index is -0.0739. The van der Waals surface area contributed by atoms with Gasteiger partial charge in [-0.1, -0.05) is 0 Å². The lowest BCUT2D eigenvalue weighted by Gasteiger charge is -2.21. The maximum absolute atomic E-state index is 11.7. The summed E-state index contributed by atoms with van der Waals surface area (Å²) in [5, 5.41) is 2.78. The van der Waals surface area contributed by atoms with E-state index in [9.17, 15) is 4.79 Å². The summed E-state index contributed by atoms with van der Waals surface area (Å²) in [5.74, 6) is 0.788. The molecule has 0 aliphatic heterocycles. The first-order chi connectivity index (χ1) is 7.72. The molecule has 88 valence electrons. The molecule has 0 aliphatic carbocycles. The van der Waals surface area contributed by atoms with Gasteiger partial charge in [0.1, 0.15) is 5.75 Å². The van der Waals surface area contributed by atoms with Crippen molar-refractivity contribution in [2.24, 2.45) is 0 Å². The molecule has 0 bridgehead atoms. The Morgan fingerprint density at radius 3 is 2.38 bits per heavy atom. The van der Waals surface area contributed by atoms with E-state index in [4.69, 9.17) is 4.74 Å². The maximum atomic E-state index is 11.7. The molecule has 0 aromatic heterocycles. The smallest absolute Gasteiger partial charge is 0.321 e. The van der Waals surface area contributed by atoms with Crippen LogP contribution in [0.4, 0.5) is 10.5 Å².